The Morgan fingerprint density at radius 2 is 2.10 bits per heavy atom. The second kappa shape index (κ2) is 7.47. The van der Waals surface area contributed by atoms with Crippen molar-refractivity contribution in [2.45, 2.75) is 19.4 Å². The van der Waals surface area contributed by atoms with Crippen LogP contribution in [0.3, 0.4) is 0 Å². The van der Waals surface area contributed by atoms with E-state index in [1.807, 2.05) is 4.90 Å². The quantitative estimate of drug-likeness (QED) is 0.782. The molecule has 1 saturated heterocycles. The normalized spacial score (nSPS) is 17.5. The molecule has 6 heteroatoms. The molecule has 0 bridgehead atoms. The summed E-state index contributed by atoms with van der Waals surface area (Å²) in [6.07, 6.45) is -0.00574. The molecule has 0 N–H and O–H groups in total. The minimum atomic E-state index is -0.538. The largest absolute Gasteiger partial charge is 0.466 e. The molecular formula is C15H19F2NO3. The van der Waals surface area contributed by atoms with E-state index in [0.29, 0.717) is 26.3 Å². The maximum Gasteiger partial charge on any atom is 0.307 e. The summed E-state index contributed by atoms with van der Waals surface area (Å²) >= 11 is 0. The van der Waals surface area contributed by atoms with Crippen LogP contribution in [0.4, 0.5) is 8.78 Å². The van der Waals surface area contributed by atoms with E-state index in [9.17, 15) is 13.6 Å². The highest BCUT2D eigenvalue weighted by atomic mass is 19.1. The van der Waals surface area contributed by atoms with Gasteiger partial charge in [-0.15, -0.1) is 0 Å². The summed E-state index contributed by atoms with van der Waals surface area (Å²) in [6, 6.07) is 2.76. The van der Waals surface area contributed by atoms with Gasteiger partial charge in [0.25, 0.3) is 0 Å². The van der Waals surface area contributed by atoms with Crippen LogP contribution >= 0.6 is 0 Å². The zero-order valence-corrected chi connectivity index (χ0v) is 12.0. The molecule has 1 fully saturated rings. The Kier molecular flexibility index (Phi) is 5.64. The zero-order chi connectivity index (χ0) is 15.2. The molecule has 0 spiro atoms. The highest BCUT2D eigenvalue weighted by molar-refractivity contribution is 5.70. The molecule has 1 aromatic carbocycles. The summed E-state index contributed by atoms with van der Waals surface area (Å²) in [5.74, 6) is -1.46. The third-order valence-corrected chi connectivity index (χ3v) is 3.47. The predicted octanol–water partition coefficient (Wildman–Crippen LogP) is 2.29. The van der Waals surface area contributed by atoms with Gasteiger partial charge in [-0.1, -0.05) is 0 Å². The van der Waals surface area contributed by atoms with Crippen molar-refractivity contribution in [2.24, 2.45) is 0 Å². The smallest absolute Gasteiger partial charge is 0.307 e. The SMILES string of the molecule is CCOC(=O)CC(c1cc(F)ccc1F)N1CCOCC1. The number of halogens is 2. The lowest BCUT2D eigenvalue weighted by Gasteiger charge is -2.34. The first-order valence-electron chi connectivity index (χ1n) is 7.04. The molecule has 0 saturated carbocycles. The molecule has 1 aromatic rings. The number of rotatable bonds is 5. The van der Waals surface area contributed by atoms with Gasteiger partial charge in [-0.3, -0.25) is 9.69 Å². The van der Waals surface area contributed by atoms with Gasteiger partial charge in [0, 0.05) is 24.7 Å². The average molecular weight is 299 g/mol. The summed E-state index contributed by atoms with van der Waals surface area (Å²) < 4.78 is 37.7. The monoisotopic (exact) mass is 299 g/mol. The standard InChI is InChI=1S/C15H19F2NO3/c1-2-21-15(19)10-14(18-5-7-20-8-6-18)12-9-11(16)3-4-13(12)17/h3-4,9,14H,2,5-8,10H2,1H3. The fourth-order valence-electron chi connectivity index (χ4n) is 2.47. The molecule has 1 aliphatic heterocycles. The Morgan fingerprint density at radius 3 is 2.76 bits per heavy atom. The van der Waals surface area contributed by atoms with Crippen LogP contribution in [0.15, 0.2) is 18.2 Å². The van der Waals surface area contributed by atoms with E-state index >= 15 is 0 Å². The summed E-state index contributed by atoms with van der Waals surface area (Å²) in [5, 5.41) is 0. The van der Waals surface area contributed by atoms with Crippen molar-refractivity contribution in [3.05, 3.63) is 35.4 Å². The lowest BCUT2D eigenvalue weighted by atomic mass is 10.0. The van der Waals surface area contributed by atoms with Gasteiger partial charge in [-0.05, 0) is 25.1 Å². The molecule has 2 rings (SSSR count). The van der Waals surface area contributed by atoms with Crippen molar-refractivity contribution >= 4 is 5.97 Å². The fraction of sp³-hybridized carbons (Fsp3) is 0.533. The van der Waals surface area contributed by atoms with Crippen molar-refractivity contribution in [3.8, 4) is 0 Å². The molecule has 1 aliphatic rings. The Bertz CT molecular complexity index is 490. The maximum atomic E-state index is 14.0. The van der Waals surface area contributed by atoms with Gasteiger partial charge in [-0.25, -0.2) is 8.78 Å². The molecule has 0 aromatic heterocycles. The van der Waals surface area contributed by atoms with Gasteiger partial charge in [0.05, 0.1) is 26.2 Å². The summed E-state index contributed by atoms with van der Waals surface area (Å²) in [6.45, 7) is 4.14. The molecular weight excluding hydrogens is 280 g/mol. The lowest BCUT2D eigenvalue weighted by Crippen LogP contribution is -2.40. The van der Waals surface area contributed by atoms with Crippen molar-refractivity contribution in [3.63, 3.8) is 0 Å². The molecule has 4 nitrogen and oxygen atoms in total. The second-order valence-electron chi connectivity index (χ2n) is 4.84. The third kappa shape index (κ3) is 4.22. The van der Waals surface area contributed by atoms with Gasteiger partial charge in [0.1, 0.15) is 11.6 Å². The number of benzene rings is 1. The maximum absolute atomic E-state index is 14.0. The Labute approximate surface area is 122 Å². The Morgan fingerprint density at radius 1 is 1.38 bits per heavy atom. The van der Waals surface area contributed by atoms with Crippen LogP contribution in [-0.2, 0) is 14.3 Å². The number of carbonyl (C=O) groups is 1. The summed E-state index contributed by atoms with van der Waals surface area (Å²) in [7, 11) is 0. The van der Waals surface area contributed by atoms with Gasteiger partial charge < -0.3 is 9.47 Å². The molecule has 0 amide bonds. The van der Waals surface area contributed by atoms with Crippen LogP contribution in [0.2, 0.25) is 0 Å². The summed E-state index contributed by atoms with van der Waals surface area (Å²) in [5.41, 5.74) is 0.185. The van der Waals surface area contributed by atoms with Crippen LogP contribution in [0.5, 0.6) is 0 Å². The third-order valence-electron chi connectivity index (χ3n) is 3.47. The van der Waals surface area contributed by atoms with Gasteiger partial charge >= 0.3 is 5.97 Å². The van der Waals surface area contributed by atoms with Crippen LogP contribution in [-0.4, -0.2) is 43.8 Å². The van der Waals surface area contributed by atoms with Crippen LogP contribution in [0.25, 0.3) is 0 Å². The zero-order valence-electron chi connectivity index (χ0n) is 12.0. The average Bonchev–Trinajstić information content (AvgIpc) is 2.49. The molecule has 0 radical (unpaired) electrons. The van der Waals surface area contributed by atoms with Crippen molar-refractivity contribution in [1.82, 2.24) is 4.90 Å². The van der Waals surface area contributed by atoms with Crippen molar-refractivity contribution < 1.29 is 23.0 Å². The number of hydrogen-bond donors (Lipinski definition) is 0. The minimum Gasteiger partial charge on any atom is -0.466 e. The number of carbonyl (C=O) groups excluding carboxylic acids is 1. The molecule has 116 valence electrons. The van der Waals surface area contributed by atoms with Gasteiger partial charge in [0.15, 0.2) is 0 Å². The van der Waals surface area contributed by atoms with E-state index in [4.69, 9.17) is 9.47 Å². The molecule has 1 heterocycles. The number of ether oxygens (including phenoxy) is 2. The number of nitrogens with zero attached hydrogens (tertiary/aromatic N) is 1. The molecule has 0 aliphatic carbocycles. The second-order valence-corrected chi connectivity index (χ2v) is 4.84. The predicted molar refractivity (Wildman–Crippen MR) is 72.7 cm³/mol. The van der Waals surface area contributed by atoms with Gasteiger partial charge in [-0.2, -0.15) is 0 Å². The number of esters is 1. The van der Waals surface area contributed by atoms with E-state index < -0.39 is 23.6 Å². The van der Waals surface area contributed by atoms with E-state index in [1.54, 1.807) is 6.92 Å². The van der Waals surface area contributed by atoms with Crippen LogP contribution in [0, 0.1) is 11.6 Å². The van der Waals surface area contributed by atoms with E-state index in [-0.39, 0.29) is 18.6 Å². The first-order valence-corrected chi connectivity index (χ1v) is 7.04. The van der Waals surface area contributed by atoms with E-state index in [2.05, 4.69) is 0 Å². The highest BCUT2D eigenvalue weighted by Crippen LogP contribution is 2.28. The van der Waals surface area contributed by atoms with Crippen LogP contribution in [0.1, 0.15) is 24.9 Å². The number of hydrogen-bond acceptors (Lipinski definition) is 4. The number of morpholine rings is 1. The summed E-state index contributed by atoms with van der Waals surface area (Å²) in [4.78, 5) is 13.7. The van der Waals surface area contributed by atoms with Crippen molar-refractivity contribution in [2.75, 3.05) is 32.9 Å². The molecule has 21 heavy (non-hydrogen) atoms. The van der Waals surface area contributed by atoms with E-state index in [0.717, 1.165) is 18.2 Å². The first kappa shape index (κ1) is 15.9. The van der Waals surface area contributed by atoms with E-state index in [1.165, 1.54) is 0 Å². The molecule has 1 unspecified atom stereocenters. The van der Waals surface area contributed by atoms with Crippen molar-refractivity contribution in [1.29, 1.82) is 0 Å². The minimum absolute atomic E-state index is 0.00574. The van der Waals surface area contributed by atoms with Crippen LogP contribution < -0.4 is 0 Å². The molecule has 1 atom stereocenters. The van der Waals surface area contributed by atoms with Gasteiger partial charge in [0.2, 0.25) is 0 Å². The Hall–Kier alpha value is -1.53. The first-order chi connectivity index (χ1) is 10.1. The highest BCUT2D eigenvalue weighted by Gasteiger charge is 2.28. The Balaban J connectivity index is 2.25. The topological polar surface area (TPSA) is 38.8 Å². The fourth-order valence-corrected chi connectivity index (χ4v) is 2.47. The lowest BCUT2D eigenvalue weighted by molar-refractivity contribution is -0.145.